The van der Waals surface area contributed by atoms with Gasteiger partial charge in [-0.25, -0.2) is 4.79 Å². The molecule has 0 saturated carbocycles. The number of rotatable bonds is 2. The highest BCUT2D eigenvalue weighted by Crippen LogP contribution is 2.18. The van der Waals surface area contributed by atoms with Crippen LogP contribution in [0.25, 0.3) is 0 Å². The summed E-state index contributed by atoms with van der Waals surface area (Å²) in [6.45, 7) is 8.26. The van der Waals surface area contributed by atoms with Crippen LogP contribution < -0.4 is 0 Å². The predicted molar refractivity (Wildman–Crippen MR) is 74.9 cm³/mol. The Morgan fingerprint density at radius 3 is 2.62 bits per heavy atom. The Morgan fingerprint density at radius 1 is 1.19 bits per heavy atom. The highest BCUT2D eigenvalue weighted by atomic mass is 16.6. The van der Waals surface area contributed by atoms with Gasteiger partial charge in [0.1, 0.15) is 6.61 Å². The van der Waals surface area contributed by atoms with Gasteiger partial charge in [0.15, 0.2) is 0 Å². The van der Waals surface area contributed by atoms with Crippen molar-refractivity contribution in [2.45, 2.75) is 32.1 Å². The van der Waals surface area contributed by atoms with Crippen LogP contribution >= 0.6 is 0 Å². The van der Waals surface area contributed by atoms with Crippen LogP contribution in [0.1, 0.15) is 13.8 Å². The number of amides is 2. The molecule has 0 bridgehead atoms. The largest absolute Gasteiger partial charge is 0.447 e. The zero-order valence-corrected chi connectivity index (χ0v) is 12.7. The zero-order chi connectivity index (χ0) is 15.0. The third kappa shape index (κ3) is 3.13. The quantitative estimate of drug-likeness (QED) is 0.704. The van der Waals surface area contributed by atoms with Crippen molar-refractivity contribution in [2.75, 3.05) is 45.9 Å². The van der Waals surface area contributed by atoms with E-state index in [0.29, 0.717) is 39.3 Å². The Bertz CT molecular complexity index is 420. The lowest BCUT2D eigenvalue weighted by molar-refractivity contribution is -0.144. The number of hydrogen-bond acceptors (Lipinski definition) is 5. The summed E-state index contributed by atoms with van der Waals surface area (Å²) in [4.78, 5) is 29.7. The van der Waals surface area contributed by atoms with Crippen molar-refractivity contribution >= 4 is 12.0 Å². The van der Waals surface area contributed by atoms with Gasteiger partial charge in [-0.3, -0.25) is 14.6 Å². The summed E-state index contributed by atoms with van der Waals surface area (Å²) < 4.78 is 10.7. The van der Waals surface area contributed by atoms with Gasteiger partial charge in [0, 0.05) is 32.7 Å². The standard InChI is InChI=1S/C14H23N3O4/c1-10-5-16(6-11(2)21-10)13(18)8-15-3-4-17-12(7-15)9-20-14(17)19/h10-12H,3-9H2,1-2H3/t10-,11+,12?. The summed E-state index contributed by atoms with van der Waals surface area (Å²) in [5.74, 6) is 0.149. The number of carbonyl (C=O) groups is 2. The van der Waals surface area contributed by atoms with Crippen molar-refractivity contribution in [1.29, 1.82) is 0 Å². The fourth-order valence-electron chi connectivity index (χ4n) is 3.37. The number of piperazine rings is 1. The van der Waals surface area contributed by atoms with E-state index in [4.69, 9.17) is 9.47 Å². The summed E-state index contributed by atoms with van der Waals surface area (Å²) >= 11 is 0. The molecule has 0 aromatic carbocycles. The lowest BCUT2D eigenvalue weighted by Crippen LogP contribution is -2.56. The monoisotopic (exact) mass is 297 g/mol. The number of nitrogens with zero attached hydrogens (tertiary/aromatic N) is 3. The van der Waals surface area contributed by atoms with Crippen molar-refractivity contribution < 1.29 is 19.1 Å². The molecular weight excluding hydrogens is 274 g/mol. The molecule has 3 saturated heterocycles. The number of ether oxygens (including phenoxy) is 2. The van der Waals surface area contributed by atoms with Gasteiger partial charge in [-0.15, -0.1) is 0 Å². The van der Waals surface area contributed by atoms with Crippen LogP contribution in [0, 0.1) is 0 Å². The summed E-state index contributed by atoms with van der Waals surface area (Å²) in [7, 11) is 0. The minimum absolute atomic E-state index is 0.0930. The van der Waals surface area contributed by atoms with Crippen LogP contribution in [-0.4, -0.2) is 90.8 Å². The van der Waals surface area contributed by atoms with E-state index in [1.54, 1.807) is 4.90 Å². The van der Waals surface area contributed by atoms with Crippen LogP contribution in [0.2, 0.25) is 0 Å². The van der Waals surface area contributed by atoms with Gasteiger partial charge in [0.05, 0.1) is 24.8 Å². The molecule has 7 nitrogen and oxygen atoms in total. The molecule has 118 valence electrons. The maximum atomic E-state index is 12.4. The van der Waals surface area contributed by atoms with E-state index in [1.807, 2.05) is 18.7 Å². The average Bonchev–Trinajstić information content (AvgIpc) is 2.79. The molecule has 0 aromatic heterocycles. The van der Waals surface area contributed by atoms with Crippen LogP contribution in [0.5, 0.6) is 0 Å². The summed E-state index contributed by atoms with van der Waals surface area (Å²) in [6, 6.07) is 0.0987. The van der Waals surface area contributed by atoms with Crippen molar-refractivity contribution in [1.82, 2.24) is 14.7 Å². The zero-order valence-electron chi connectivity index (χ0n) is 12.7. The molecule has 3 fully saturated rings. The first-order chi connectivity index (χ1) is 10.0. The molecule has 3 aliphatic rings. The Labute approximate surface area is 124 Å². The molecule has 0 radical (unpaired) electrons. The molecule has 3 heterocycles. The van der Waals surface area contributed by atoms with Crippen molar-refractivity contribution in [2.24, 2.45) is 0 Å². The smallest absolute Gasteiger partial charge is 0.410 e. The molecule has 0 N–H and O–H groups in total. The number of carbonyl (C=O) groups excluding carboxylic acids is 2. The highest BCUT2D eigenvalue weighted by Gasteiger charge is 2.38. The van der Waals surface area contributed by atoms with Crippen LogP contribution in [-0.2, 0) is 14.3 Å². The van der Waals surface area contributed by atoms with Gasteiger partial charge < -0.3 is 14.4 Å². The molecular formula is C14H23N3O4. The van der Waals surface area contributed by atoms with E-state index >= 15 is 0 Å². The minimum atomic E-state index is -0.221. The van der Waals surface area contributed by atoms with Gasteiger partial charge >= 0.3 is 6.09 Å². The number of cyclic esters (lactones) is 1. The maximum absolute atomic E-state index is 12.4. The second kappa shape index (κ2) is 5.81. The summed E-state index contributed by atoms with van der Waals surface area (Å²) in [6.07, 6.45) is -0.0346. The third-order valence-electron chi connectivity index (χ3n) is 4.33. The first-order valence-electron chi connectivity index (χ1n) is 7.62. The van der Waals surface area contributed by atoms with Gasteiger partial charge in [-0.1, -0.05) is 0 Å². The predicted octanol–water partition coefficient (Wildman–Crippen LogP) is -0.241. The second-order valence-electron chi connectivity index (χ2n) is 6.22. The lowest BCUT2D eigenvalue weighted by Gasteiger charge is -2.38. The lowest BCUT2D eigenvalue weighted by atomic mass is 10.2. The van der Waals surface area contributed by atoms with Crippen LogP contribution in [0.4, 0.5) is 4.79 Å². The summed E-state index contributed by atoms with van der Waals surface area (Å²) in [5, 5.41) is 0. The van der Waals surface area contributed by atoms with Crippen molar-refractivity contribution in [3.05, 3.63) is 0 Å². The number of hydrogen-bond donors (Lipinski definition) is 0. The Balaban J connectivity index is 1.52. The van der Waals surface area contributed by atoms with Crippen LogP contribution in [0.15, 0.2) is 0 Å². The van der Waals surface area contributed by atoms with Gasteiger partial charge in [0.25, 0.3) is 0 Å². The second-order valence-corrected chi connectivity index (χ2v) is 6.22. The fourth-order valence-corrected chi connectivity index (χ4v) is 3.37. The normalized spacial score (nSPS) is 33.8. The molecule has 0 aliphatic carbocycles. The van der Waals surface area contributed by atoms with Crippen molar-refractivity contribution in [3.8, 4) is 0 Å². The van der Waals surface area contributed by atoms with E-state index in [0.717, 1.165) is 6.54 Å². The molecule has 3 rings (SSSR count). The Kier molecular flexibility index (Phi) is 4.03. The first kappa shape index (κ1) is 14.6. The topological polar surface area (TPSA) is 62.3 Å². The average molecular weight is 297 g/mol. The van der Waals surface area contributed by atoms with Crippen LogP contribution in [0.3, 0.4) is 0 Å². The third-order valence-corrected chi connectivity index (χ3v) is 4.33. The number of morpholine rings is 1. The van der Waals surface area contributed by atoms with Gasteiger partial charge in [0.2, 0.25) is 5.91 Å². The van der Waals surface area contributed by atoms with E-state index in [-0.39, 0.29) is 30.3 Å². The molecule has 3 atom stereocenters. The van der Waals surface area contributed by atoms with E-state index in [9.17, 15) is 9.59 Å². The molecule has 21 heavy (non-hydrogen) atoms. The molecule has 0 spiro atoms. The molecule has 7 heteroatoms. The van der Waals surface area contributed by atoms with E-state index < -0.39 is 0 Å². The fraction of sp³-hybridized carbons (Fsp3) is 0.857. The molecule has 2 amide bonds. The van der Waals surface area contributed by atoms with Gasteiger partial charge in [-0.05, 0) is 13.8 Å². The highest BCUT2D eigenvalue weighted by molar-refractivity contribution is 5.78. The van der Waals surface area contributed by atoms with E-state index in [1.165, 1.54) is 0 Å². The summed E-state index contributed by atoms with van der Waals surface area (Å²) in [5.41, 5.74) is 0. The molecule has 1 unspecified atom stereocenters. The number of fused-ring (bicyclic) bond motifs is 1. The maximum Gasteiger partial charge on any atom is 0.410 e. The molecule has 3 aliphatic heterocycles. The Hall–Kier alpha value is -1.34. The Morgan fingerprint density at radius 2 is 1.90 bits per heavy atom. The first-order valence-corrected chi connectivity index (χ1v) is 7.62. The van der Waals surface area contributed by atoms with Crippen molar-refractivity contribution in [3.63, 3.8) is 0 Å². The molecule has 0 aromatic rings. The minimum Gasteiger partial charge on any atom is -0.447 e. The van der Waals surface area contributed by atoms with E-state index in [2.05, 4.69) is 4.90 Å². The SMILES string of the molecule is C[C@@H]1CN(C(=O)CN2CCN3C(=O)OCC3C2)C[C@H](C)O1. The van der Waals surface area contributed by atoms with Gasteiger partial charge in [-0.2, -0.15) is 0 Å².